The van der Waals surface area contributed by atoms with Gasteiger partial charge in [-0.15, -0.1) is 0 Å². The van der Waals surface area contributed by atoms with Crippen LogP contribution in [0.3, 0.4) is 0 Å². The molecular formula is C24H29N3O4. The fraction of sp³-hybridized carbons (Fsp3) is 0.375. The molecule has 0 spiro atoms. The number of urea groups is 1. The number of nitrogens with zero attached hydrogens (tertiary/aromatic N) is 2. The molecule has 1 fully saturated rings. The first-order valence-corrected chi connectivity index (χ1v) is 10.5. The van der Waals surface area contributed by atoms with Gasteiger partial charge in [-0.25, -0.2) is 4.79 Å². The van der Waals surface area contributed by atoms with E-state index in [9.17, 15) is 14.4 Å². The normalized spacial score (nSPS) is 15.1. The number of likely N-dealkylation sites (tertiary alicyclic amines) is 1. The fourth-order valence-electron chi connectivity index (χ4n) is 3.61. The Balaban J connectivity index is 1.43. The summed E-state index contributed by atoms with van der Waals surface area (Å²) < 4.78 is 5.45. The maximum atomic E-state index is 12.6. The van der Waals surface area contributed by atoms with Gasteiger partial charge in [0.1, 0.15) is 0 Å². The minimum Gasteiger partial charge on any atom is -0.452 e. The number of likely N-dealkylation sites (N-methyl/N-ethyl adjacent to an activating group) is 1. The van der Waals surface area contributed by atoms with Crippen molar-refractivity contribution >= 4 is 23.6 Å². The Bertz CT molecular complexity index is 880. The largest absolute Gasteiger partial charge is 0.452 e. The van der Waals surface area contributed by atoms with Crippen LogP contribution in [0.15, 0.2) is 60.7 Å². The van der Waals surface area contributed by atoms with Crippen molar-refractivity contribution < 1.29 is 19.1 Å². The quantitative estimate of drug-likeness (QED) is 0.721. The van der Waals surface area contributed by atoms with Crippen LogP contribution in [0.5, 0.6) is 0 Å². The van der Waals surface area contributed by atoms with Gasteiger partial charge in [0.2, 0.25) is 0 Å². The highest BCUT2D eigenvalue weighted by Crippen LogP contribution is 2.20. The number of nitrogens with one attached hydrogen (secondary N) is 1. The second kappa shape index (κ2) is 10.6. The lowest BCUT2D eigenvalue weighted by molar-refractivity contribution is -0.163. The summed E-state index contributed by atoms with van der Waals surface area (Å²) in [5, 5.41) is 2.86. The average molecular weight is 424 g/mol. The molecule has 0 saturated carbocycles. The third-order valence-electron chi connectivity index (χ3n) is 5.42. The summed E-state index contributed by atoms with van der Waals surface area (Å²) in [7, 11) is 1.70. The smallest absolute Gasteiger partial charge is 0.321 e. The summed E-state index contributed by atoms with van der Waals surface area (Å²) in [6.07, 6.45) is 0.185. The lowest BCUT2D eigenvalue weighted by atomic mass is 9.97. The molecule has 0 unspecified atom stereocenters. The number of rotatable bonds is 6. The van der Waals surface area contributed by atoms with E-state index < -0.39 is 6.10 Å². The van der Waals surface area contributed by atoms with Gasteiger partial charge in [-0.3, -0.25) is 9.59 Å². The summed E-state index contributed by atoms with van der Waals surface area (Å²) >= 11 is 0. The Kier molecular flexibility index (Phi) is 7.65. The number of hydrogen-bond acceptors (Lipinski definition) is 4. The van der Waals surface area contributed by atoms with Crippen molar-refractivity contribution in [3.8, 4) is 0 Å². The van der Waals surface area contributed by atoms with Gasteiger partial charge < -0.3 is 19.9 Å². The number of ether oxygens (including phenoxy) is 1. The van der Waals surface area contributed by atoms with E-state index in [0.717, 1.165) is 11.3 Å². The average Bonchev–Trinajstić information content (AvgIpc) is 2.79. The number of esters is 1. The number of hydrogen-bond donors (Lipinski definition) is 1. The van der Waals surface area contributed by atoms with Gasteiger partial charge in [0.05, 0.1) is 5.92 Å². The van der Waals surface area contributed by atoms with Gasteiger partial charge in [0, 0.05) is 32.4 Å². The number of carbonyl (C=O) groups excluding carboxylic acids is 3. The van der Waals surface area contributed by atoms with Crippen molar-refractivity contribution in [1.29, 1.82) is 0 Å². The van der Waals surface area contributed by atoms with Gasteiger partial charge >= 0.3 is 12.0 Å². The molecule has 0 aromatic heterocycles. The lowest BCUT2D eigenvalue weighted by Gasteiger charge is -2.31. The fourth-order valence-corrected chi connectivity index (χ4v) is 3.61. The molecule has 0 radical (unpaired) electrons. The maximum Gasteiger partial charge on any atom is 0.321 e. The van der Waals surface area contributed by atoms with Gasteiger partial charge in [-0.2, -0.15) is 0 Å². The maximum absolute atomic E-state index is 12.6. The molecule has 3 amide bonds. The molecule has 3 rings (SSSR count). The Morgan fingerprint density at radius 3 is 2.23 bits per heavy atom. The van der Waals surface area contributed by atoms with E-state index in [-0.39, 0.29) is 23.8 Å². The van der Waals surface area contributed by atoms with E-state index in [1.165, 1.54) is 0 Å². The van der Waals surface area contributed by atoms with Crippen molar-refractivity contribution in [3.05, 3.63) is 66.2 Å². The van der Waals surface area contributed by atoms with Gasteiger partial charge in [-0.05, 0) is 37.5 Å². The molecule has 7 nitrogen and oxygen atoms in total. The van der Waals surface area contributed by atoms with E-state index in [1.807, 2.05) is 60.7 Å². The molecule has 1 heterocycles. The van der Waals surface area contributed by atoms with Crippen LogP contribution in [-0.4, -0.2) is 53.9 Å². The van der Waals surface area contributed by atoms with Gasteiger partial charge in [0.25, 0.3) is 5.91 Å². The second-order valence-electron chi connectivity index (χ2n) is 7.82. The van der Waals surface area contributed by atoms with Crippen molar-refractivity contribution in [2.75, 3.05) is 25.5 Å². The molecular weight excluding hydrogens is 394 g/mol. The molecule has 2 aromatic rings. The molecule has 31 heavy (non-hydrogen) atoms. The Labute approximate surface area is 183 Å². The molecule has 1 N–H and O–H groups in total. The lowest BCUT2D eigenvalue weighted by Crippen LogP contribution is -2.44. The molecule has 2 aromatic carbocycles. The first kappa shape index (κ1) is 22.3. The van der Waals surface area contributed by atoms with Gasteiger partial charge in [-0.1, -0.05) is 48.5 Å². The number of carbonyl (C=O) groups is 3. The van der Waals surface area contributed by atoms with E-state index >= 15 is 0 Å². The molecule has 0 aliphatic carbocycles. The van der Waals surface area contributed by atoms with Crippen molar-refractivity contribution in [2.24, 2.45) is 5.92 Å². The summed E-state index contributed by atoms with van der Waals surface area (Å²) in [5.74, 6) is -0.926. The summed E-state index contributed by atoms with van der Waals surface area (Å²) in [5.41, 5.74) is 1.75. The zero-order valence-corrected chi connectivity index (χ0v) is 18.0. The van der Waals surface area contributed by atoms with Crippen LogP contribution < -0.4 is 5.32 Å². The number of amides is 3. The highest BCUT2D eigenvalue weighted by atomic mass is 16.5. The second-order valence-corrected chi connectivity index (χ2v) is 7.82. The van der Waals surface area contributed by atoms with Crippen LogP contribution in [0.1, 0.15) is 25.3 Å². The zero-order chi connectivity index (χ0) is 22.2. The van der Waals surface area contributed by atoms with E-state index in [2.05, 4.69) is 5.32 Å². The number of anilines is 1. The topological polar surface area (TPSA) is 79.0 Å². The van der Waals surface area contributed by atoms with Crippen LogP contribution in [0.4, 0.5) is 10.5 Å². The number of piperidine rings is 1. The number of para-hydroxylation sites is 1. The molecule has 1 aliphatic rings. The minimum atomic E-state index is -0.847. The molecule has 1 atom stereocenters. The van der Waals surface area contributed by atoms with Crippen molar-refractivity contribution in [3.63, 3.8) is 0 Å². The van der Waals surface area contributed by atoms with Crippen LogP contribution in [0, 0.1) is 5.92 Å². The third-order valence-corrected chi connectivity index (χ3v) is 5.42. The highest BCUT2D eigenvalue weighted by molar-refractivity contribution is 5.89. The summed E-state index contributed by atoms with van der Waals surface area (Å²) in [6.45, 7) is 2.99. The predicted octanol–water partition coefficient (Wildman–Crippen LogP) is 3.52. The van der Waals surface area contributed by atoms with Crippen LogP contribution in [-0.2, 0) is 20.9 Å². The van der Waals surface area contributed by atoms with Crippen molar-refractivity contribution in [1.82, 2.24) is 9.80 Å². The monoisotopic (exact) mass is 423 g/mol. The zero-order valence-electron chi connectivity index (χ0n) is 18.0. The molecule has 164 valence electrons. The van der Waals surface area contributed by atoms with E-state index in [4.69, 9.17) is 4.74 Å². The highest BCUT2D eigenvalue weighted by Gasteiger charge is 2.31. The van der Waals surface area contributed by atoms with Crippen molar-refractivity contribution in [2.45, 2.75) is 32.4 Å². The minimum absolute atomic E-state index is 0.177. The summed E-state index contributed by atoms with van der Waals surface area (Å²) in [4.78, 5) is 40.8. The van der Waals surface area contributed by atoms with Crippen LogP contribution in [0.2, 0.25) is 0 Å². The first-order valence-electron chi connectivity index (χ1n) is 10.5. The SMILES string of the molecule is C[C@@H](OC(=O)C1CCN(C(=O)Nc2ccccc2)CC1)C(=O)N(C)Cc1ccccc1. The Hall–Kier alpha value is -3.35. The van der Waals surface area contributed by atoms with Gasteiger partial charge in [0.15, 0.2) is 6.10 Å². The predicted molar refractivity (Wildman–Crippen MR) is 118 cm³/mol. The Morgan fingerprint density at radius 2 is 1.61 bits per heavy atom. The van der Waals surface area contributed by atoms with Crippen LogP contribution >= 0.6 is 0 Å². The third kappa shape index (κ3) is 6.31. The Morgan fingerprint density at radius 1 is 1.03 bits per heavy atom. The molecule has 1 saturated heterocycles. The summed E-state index contributed by atoms with van der Waals surface area (Å²) in [6, 6.07) is 18.7. The first-order chi connectivity index (χ1) is 14.9. The molecule has 1 aliphatic heterocycles. The molecule has 0 bridgehead atoms. The molecule has 7 heteroatoms. The van der Waals surface area contributed by atoms with E-state index in [1.54, 1.807) is 23.8 Å². The standard InChI is InChI=1S/C24H29N3O4/c1-18(22(28)26(2)17-19-9-5-3-6-10-19)31-23(29)20-13-15-27(16-14-20)24(30)25-21-11-7-4-8-12-21/h3-12,18,20H,13-17H2,1-2H3,(H,25,30)/t18-/m1/s1. The van der Waals surface area contributed by atoms with Crippen LogP contribution in [0.25, 0.3) is 0 Å². The van der Waals surface area contributed by atoms with E-state index in [0.29, 0.717) is 32.5 Å². The number of benzene rings is 2.